The van der Waals surface area contributed by atoms with Crippen molar-refractivity contribution in [3.8, 4) is 5.75 Å². The van der Waals surface area contributed by atoms with Crippen LogP contribution in [0.2, 0.25) is 5.02 Å². The van der Waals surface area contributed by atoms with Gasteiger partial charge in [-0.15, -0.1) is 0 Å². The first-order chi connectivity index (χ1) is 9.15. The molecule has 1 aliphatic rings. The summed E-state index contributed by atoms with van der Waals surface area (Å²) in [5.74, 6) is 2.33. The lowest BCUT2D eigenvalue weighted by molar-refractivity contribution is 0.412. The fourth-order valence-electron chi connectivity index (χ4n) is 2.40. The van der Waals surface area contributed by atoms with Crippen LogP contribution in [-0.4, -0.2) is 20.2 Å². The van der Waals surface area contributed by atoms with Gasteiger partial charge in [0.2, 0.25) is 0 Å². The highest BCUT2D eigenvalue weighted by Gasteiger charge is 2.28. The zero-order valence-corrected chi connectivity index (χ0v) is 12.4. The Kier molecular flexibility index (Phi) is 5.08. The van der Waals surface area contributed by atoms with E-state index in [9.17, 15) is 0 Å². The lowest BCUT2D eigenvalue weighted by Crippen LogP contribution is -2.32. The quantitative estimate of drug-likeness (QED) is 0.808. The summed E-state index contributed by atoms with van der Waals surface area (Å²) in [6, 6.07) is 6.01. The molecule has 0 amide bonds. The number of nitrogens with one attached hydrogen (secondary N) is 1. The smallest absolute Gasteiger partial charge is 0.137 e. The van der Waals surface area contributed by atoms with Crippen LogP contribution in [0, 0.1) is 11.8 Å². The minimum absolute atomic E-state index is 0.157. The molecule has 0 heterocycles. The van der Waals surface area contributed by atoms with Crippen LogP contribution in [0.15, 0.2) is 18.2 Å². The number of halogens is 1. The fourth-order valence-corrected chi connectivity index (χ4v) is 2.66. The zero-order chi connectivity index (χ0) is 13.8. The van der Waals surface area contributed by atoms with Crippen LogP contribution in [0.25, 0.3) is 0 Å². The van der Waals surface area contributed by atoms with Crippen molar-refractivity contribution in [1.82, 2.24) is 5.32 Å². The molecule has 1 saturated carbocycles. The van der Waals surface area contributed by atoms with Crippen LogP contribution < -0.4 is 15.8 Å². The maximum atomic E-state index is 6.16. The molecule has 4 heteroatoms. The van der Waals surface area contributed by atoms with Crippen molar-refractivity contribution in [3.63, 3.8) is 0 Å². The minimum atomic E-state index is 0.157. The third-order valence-electron chi connectivity index (χ3n) is 3.93. The van der Waals surface area contributed by atoms with Gasteiger partial charge in [-0.25, -0.2) is 0 Å². The van der Waals surface area contributed by atoms with Gasteiger partial charge in [0.15, 0.2) is 0 Å². The normalized spacial score (nSPS) is 18.1. The van der Waals surface area contributed by atoms with E-state index in [1.165, 1.54) is 12.8 Å². The number of ether oxygens (including phenoxy) is 1. The van der Waals surface area contributed by atoms with Gasteiger partial charge in [0.1, 0.15) is 5.75 Å². The molecule has 3 N–H and O–H groups in total. The Morgan fingerprint density at radius 3 is 2.74 bits per heavy atom. The molecule has 0 aliphatic heterocycles. The van der Waals surface area contributed by atoms with Gasteiger partial charge < -0.3 is 15.8 Å². The monoisotopic (exact) mass is 282 g/mol. The molecule has 0 bridgehead atoms. The molecule has 2 unspecified atom stereocenters. The van der Waals surface area contributed by atoms with Gasteiger partial charge in [-0.2, -0.15) is 0 Å². The molecule has 0 aromatic heterocycles. The second-order valence-electron chi connectivity index (χ2n) is 5.41. The zero-order valence-electron chi connectivity index (χ0n) is 11.7. The topological polar surface area (TPSA) is 47.3 Å². The second kappa shape index (κ2) is 6.60. The Hall–Kier alpha value is -0.770. The van der Waals surface area contributed by atoms with E-state index >= 15 is 0 Å². The number of hydrogen-bond donors (Lipinski definition) is 2. The summed E-state index contributed by atoms with van der Waals surface area (Å²) in [4.78, 5) is 0. The number of nitrogens with two attached hydrogens (primary N) is 1. The molecule has 19 heavy (non-hydrogen) atoms. The maximum Gasteiger partial charge on any atom is 0.137 e. The van der Waals surface area contributed by atoms with E-state index < -0.39 is 0 Å². The Balaban J connectivity index is 1.97. The summed E-state index contributed by atoms with van der Waals surface area (Å²) >= 11 is 6.16. The third kappa shape index (κ3) is 3.85. The largest absolute Gasteiger partial charge is 0.495 e. The lowest BCUT2D eigenvalue weighted by atomic mass is 10.0. The number of methoxy groups -OCH3 is 1. The van der Waals surface area contributed by atoms with Crippen molar-refractivity contribution >= 4 is 11.6 Å². The predicted octanol–water partition coefficient (Wildman–Crippen LogP) is 2.98. The molecule has 106 valence electrons. The molecule has 1 aliphatic carbocycles. The molecule has 0 radical (unpaired) electrons. The maximum absolute atomic E-state index is 6.16. The molecule has 2 rings (SSSR count). The summed E-state index contributed by atoms with van der Waals surface area (Å²) in [6.07, 6.45) is 2.76. The van der Waals surface area contributed by atoms with E-state index in [0.29, 0.717) is 17.3 Å². The van der Waals surface area contributed by atoms with Gasteiger partial charge in [0, 0.05) is 12.6 Å². The Bertz CT molecular complexity index is 421. The summed E-state index contributed by atoms with van der Waals surface area (Å²) < 4.78 is 5.17. The molecule has 0 saturated heterocycles. The molecular formula is C15H23ClN2O. The van der Waals surface area contributed by atoms with E-state index in [-0.39, 0.29) is 6.04 Å². The second-order valence-corrected chi connectivity index (χ2v) is 5.81. The van der Waals surface area contributed by atoms with E-state index in [0.717, 1.165) is 23.9 Å². The lowest BCUT2D eigenvalue weighted by Gasteiger charge is -2.20. The first-order valence-electron chi connectivity index (χ1n) is 6.92. The molecule has 0 spiro atoms. The average molecular weight is 283 g/mol. The molecular weight excluding hydrogens is 260 g/mol. The van der Waals surface area contributed by atoms with Crippen LogP contribution in [0.1, 0.15) is 31.4 Å². The predicted molar refractivity (Wildman–Crippen MR) is 79.7 cm³/mol. The van der Waals surface area contributed by atoms with Crippen LogP contribution in [0.3, 0.4) is 0 Å². The van der Waals surface area contributed by atoms with Crippen molar-refractivity contribution in [2.24, 2.45) is 17.6 Å². The van der Waals surface area contributed by atoms with Gasteiger partial charge in [-0.1, -0.05) is 24.6 Å². The minimum Gasteiger partial charge on any atom is -0.495 e. The van der Waals surface area contributed by atoms with Crippen LogP contribution in [-0.2, 0) is 0 Å². The summed E-state index contributed by atoms with van der Waals surface area (Å²) in [6.45, 7) is 3.88. The molecule has 3 nitrogen and oxygen atoms in total. The number of rotatable bonds is 7. The molecule has 1 aromatic carbocycles. The first kappa shape index (κ1) is 14.6. The summed E-state index contributed by atoms with van der Waals surface area (Å²) in [5.41, 5.74) is 6.99. The van der Waals surface area contributed by atoms with E-state index in [4.69, 9.17) is 22.1 Å². The Labute approximate surface area is 120 Å². The van der Waals surface area contributed by atoms with Gasteiger partial charge in [0.05, 0.1) is 12.1 Å². The first-order valence-corrected chi connectivity index (χ1v) is 7.30. The number of benzene rings is 1. The Morgan fingerprint density at radius 2 is 2.21 bits per heavy atom. The van der Waals surface area contributed by atoms with Crippen molar-refractivity contribution in [2.75, 3.05) is 20.2 Å². The number of hydrogen-bond acceptors (Lipinski definition) is 3. The average Bonchev–Trinajstić information content (AvgIpc) is 3.23. The SMILES string of the molecule is COc1ccc(C(CN)NCC(C)C2CC2)cc1Cl. The Morgan fingerprint density at radius 1 is 1.47 bits per heavy atom. The molecule has 1 fully saturated rings. The van der Waals surface area contributed by atoms with Crippen molar-refractivity contribution in [3.05, 3.63) is 28.8 Å². The van der Waals surface area contributed by atoms with Crippen molar-refractivity contribution in [2.45, 2.75) is 25.8 Å². The van der Waals surface area contributed by atoms with Crippen molar-refractivity contribution in [1.29, 1.82) is 0 Å². The standard InChI is InChI=1S/C15H23ClN2O/c1-10(11-3-4-11)9-18-14(8-17)12-5-6-15(19-2)13(16)7-12/h5-7,10-11,14,18H,3-4,8-9,17H2,1-2H3. The molecule has 2 atom stereocenters. The van der Waals surface area contributed by atoms with Crippen LogP contribution in [0.5, 0.6) is 5.75 Å². The van der Waals surface area contributed by atoms with Crippen molar-refractivity contribution < 1.29 is 4.74 Å². The van der Waals surface area contributed by atoms with E-state index in [1.54, 1.807) is 7.11 Å². The summed E-state index contributed by atoms with van der Waals surface area (Å²) in [7, 11) is 1.62. The highest BCUT2D eigenvalue weighted by molar-refractivity contribution is 6.32. The van der Waals surface area contributed by atoms with E-state index in [1.807, 2.05) is 18.2 Å². The van der Waals surface area contributed by atoms with Gasteiger partial charge >= 0.3 is 0 Å². The third-order valence-corrected chi connectivity index (χ3v) is 4.22. The summed E-state index contributed by atoms with van der Waals surface area (Å²) in [5, 5.41) is 4.18. The fraction of sp³-hybridized carbons (Fsp3) is 0.600. The van der Waals surface area contributed by atoms with Gasteiger partial charge in [-0.05, 0) is 48.9 Å². The highest BCUT2D eigenvalue weighted by Crippen LogP contribution is 2.36. The van der Waals surface area contributed by atoms with Gasteiger partial charge in [0.25, 0.3) is 0 Å². The van der Waals surface area contributed by atoms with Crippen LogP contribution >= 0.6 is 11.6 Å². The van der Waals surface area contributed by atoms with Crippen LogP contribution in [0.4, 0.5) is 0 Å². The molecule has 1 aromatic rings. The highest BCUT2D eigenvalue weighted by atomic mass is 35.5. The van der Waals surface area contributed by atoms with E-state index in [2.05, 4.69) is 12.2 Å². The van der Waals surface area contributed by atoms with Gasteiger partial charge in [-0.3, -0.25) is 0 Å².